The molecule has 18 heavy (non-hydrogen) atoms. The molecule has 0 radical (unpaired) electrons. The number of benzene rings is 1. The molecule has 0 spiro atoms. The number of nitrogens with one attached hydrogen (secondary N) is 1. The predicted molar refractivity (Wildman–Crippen MR) is 67.8 cm³/mol. The van der Waals surface area contributed by atoms with Crippen LogP contribution in [-0.4, -0.2) is 37.9 Å². The second-order valence-electron chi connectivity index (χ2n) is 3.70. The molecule has 0 saturated heterocycles. The first-order valence-electron chi connectivity index (χ1n) is 5.90. The molecule has 0 fully saturated rings. The van der Waals surface area contributed by atoms with Gasteiger partial charge in [0.2, 0.25) is 5.91 Å². The molecule has 0 aliphatic heterocycles. The molecular weight excluding hydrogens is 234 g/mol. The van der Waals surface area contributed by atoms with Crippen molar-refractivity contribution in [3.05, 3.63) is 24.3 Å². The van der Waals surface area contributed by atoms with Gasteiger partial charge < -0.3 is 19.9 Å². The lowest BCUT2D eigenvalue weighted by Crippen LogP contribution is -2.26. The van der Waals surface area contributed by atoms with E-state index in [9.17, 15) is 4.79 Å². The molecule has 1 amide bonds. The molecule has 5 heteroatoms. The highest BCUT2D eigenvalue weighted by Gasteiger charge is 2.01. The third-order valence-electron chi connectivity index (χ3n) is 2.29. The van der Waals surface area contributed by atoms with Crippen LogP contribution >= 0.6 is 0 Å². The Morgan fingerprint density at radius 1 is 1.39 bits per heavy atom. The summed E-state index contributed by atoms with van der Waals surface area (Å²) in [5.74, 6) is 1.40. The van der Waals surface area contributed by atoms with Crippen LogP contribution in [0.1, 0.15) is 12.8 Å². The average Bonchev–Trinajstić information content (AvgIpc) is 2.41. The SMILES string of the molecule is COc1cccc(OCCCC(=O)NCCO)c1. The molecule has 0 aromatic heterocycles. The van der Waals surface area contributed by atoms with Crippen LogP contribution in [0.4, 0.5) is 0 Å². The van der Waals surface area contributed by atoms with Crippen molar-refractivity contribution in [1.29, 1.82) is 0 Å². The van der Waals surface area contributed by atoms with E-state index in [1.807, 2.05) is 18.2 Å². The minimum atomic E-state index is -0.0710. The lowest BCUT2D eigenvalue weighted by Gasteiger charge is -2.07. The van der Waals surface area contributed by atoms with E-state index in [1.165, 1.54) is 0 Å². The minimum absolute atomic E-state index is 0.0357. The second kappa shape index (κ2) is 8.36. The van der Waals surface area contributed by atoms with Crippen molar-refractivity contribution in [2.75, 3.05) is 26.9 Å². The van der Waals surface area contributed by atoms with Gasteiger partial charge in [-0.2, -0.15) is 0 Å². The summed E-state index contributed by atoms with van der Waals surface area (Å²) in [6.45, 7) is 0.737. The number of aliphatic hydroxyl groups excluding tert-OH is 1. The number of amides is 1. The molecule has 100 valence electrons. The number of hydrogen-bond acceptors (Lipinski definition) is 4. The van der Waals surface area contributed by atoms with E-state index in [-0.39, 0.29) is 12.5 Å². The van der Waals surface area contributed by atoms with Gasteiger partial charge in [0.05, 0.1) is 20.3 Å². The van der Waals surface area contributed by atoms with Gasteiger partial charge in [-0.3, -0.25) is 4.79 Å². The van der Waals surface area contributed by atoms with Gasteiger partial charge in [-0.1, -0.05) is 6.07 Å². The summed E-state index contributed by atoms with van der Waals surface area (Å²) in [7, 11) is 1.60. The molecule has 0 saturated carbocycles. The highest BCUT2D eigenvalue weighted by Crippen LogP contribution is 2.18. The van der Waals surface area contributed by atoms with Crippen LogP contribution in [0.15, 0.2) is 24.3 Å². The number of rotatable bonds is 8. The molecule has 1 aromatic carbocycles. The quantitative estimate of drug-likeness (QED) is 0.677. The summed E-state index contributed by atoms with van der Waals surface area (Å²) in [6.07, 6.45) is 1.03. The Morgan fingerprint density at radius 3 is 2.89 bits per heavy atom. The zero-order chi connectivity index (χ0) is 13.2. The predicted octanol–water partition coefficient (Wildman–Crippen LogP) is 0.963. The summed E-state index contributed by atoms with van der Waals surface area (Å²) in [4.78, 5) is 11.2. The number of hydrogen-bond donors (Lipinski definition) is 2. The van der Waals surface area contributed by atoms with Crippen molar-refractivity contribution in [3.8, 4) is 11.5 Å². The second-order valence-corrected chi connectivity index (χ2v) is 3.70. The van der Waals surface area contributed by atoms with Crippen molar-refractivity contribution in [2.45, 2.75) is 12.8 Å². The van der Waals surface area contributed by atoms with E-state index in [0.29, 0.717) is 26.0 Å². The zero-order valence-electron chi connectivity index (χ0n) is 10.5. The van der Waals surface area contributed by atoms with Gasteiger partial charge >= 0.3 is 0 Å². The molecule has 2 N–H and O–H groups in total. The standard InChI is InChI=1S/C13H19NO4/c1-17-11-4-2-5-12(10-11)18-9-3-6-13(16)14-7-8-15/h2,4-5,10,15H,3,6-9H2,1H3,(H,14,16). The smallest absolute Gasteiger partial charge is 0.220 e. The van der Waals surface area contributed by atoms with E-state index >= 15 is 0 Å². The van der Waals surface area contributed by atoms with Crippen LogP contribution in [0.2, 0.25) is 0 Å². The summed E-state index contributed by atoms with van der Waals surface area (Å²) >= 11 is 0. The fraction of sp³-hybridized carbons (Fsp3) is 0.462. The van der Waals surface area contributed by atoms with Crippen LogP contribution in [-0.2, 0) is 4.79 Å². The monoisotopic (exact) mass is 253 g/mol. The van der Waals surface area contributed by atoms with Gasteiger partial charge in [0, 0.05) is 19.0 Å². The summed E-state index contributed by atoms with van der Waals surface area (Å²) < 4.78 is 10.6. The van der Waals surface area contributed by atoms with E-state index in [4.69, 9.17) is 14.6 Å². The van der Waals surface area contributed by atoms with Gasteiger partial charge in [-0.05, 0) is 18.6 Å². The first-order chi connectivity index (χ1) is 8.76. The molecule has 1 rings (SSSR count). The number of aliphatic hydroxyl groups is 1. The maximum absolute atomic E-state index is 11.2. The van der Waals surface area contributed by atoms with E-state index in [0.717, 1.165) is 11.5 Å². The average molecular weight is 253 g/mol. The minimum Gasteiger partial charge on any atom is -0.497 e. The summed E-state index contributed by atoms with van der Waals surface area (Å²) in [6, 6.07) is 7.33. The van der Waals surface area contributed by atoms with Crippen molar-refractivity contribution < 1.29 is 19.4 Å². The molecule has 1 aromatic rings. The first kappa shape index (κ1) is 14.3. The molecule has 0 aliphatic rings. The Hall–Kier alpha value is -1.75. The molecule has 0 atom stereocenters. The van der Waals surface area contributed by atoms with Crippen molar-refractivity contribution in [1.82, 2.24) is 5.32 Å². The van der Waals surface area contributed by atoms with Gasteiger partial charge in [-0.25, -0.2) is 0 Å². The Morgan fingerprint density at radius 2 is 2.17 bits per heavy atom. The Labute approximate surface area is 107 Å². The van der Waals surface area contributed by atoms with Crippen LogP contribution in [0.5, 0.6) is 11.5 Å². The van der Waals surface area contributed by atoms with Gasteiger partial charge in [0.25, 0.3) is 0 Å². The lowest BCUT2D eigenvalue weighted by atomic mass is 10.3. The highest BCUT2D eigenvalue weighted by molar-refractivity contribution is 5.75. The largest absolute Gasteiger partial charge is 0.497 e. The van der Waals surface area contributed by atoms with Crippen LogP contribution in [0, 0.1) is 0 Å². The van der Waals surface area contributed by atoms with E-state index < -0.39 is 0 Å². The first-order valence-corrected chi connectivity index (χ1v) is 5.90. The molecular formula is C13H19NO4. The Bertz CT molecular complexity index is 368. The van der Waals surface area contributed by atoms with Gasteiger partial charge in [0.1, 0.15) is 11.5 Å². The van der Waals surface area contributed by atoms with Crippen LogP contribution in [0.25, 0.3) is 0 Å². The van der Waals surface area contributed by atoms with Crippen LogP contribution < -0.4 is 14.8 Å². The molecule has 5 nitrogen and oxygen atoms in total. The maximum Gasteiger partial charge on any atom is 0.220 e. The van der Waals surface area contributed by atoms with Gasteiger partial charge in [-0.15, -0.1) is 0 Å². The van der Waals surface area contributed by atoms with Crippen molar-refractivity contribution >= 4 is 5.91 Å². The summed E-state index contributed by atoms with van der Waals surface area (Å²) in [5, 5.41) is 11.1. The fourth-order valence-corrected chi connectivity index (χ4v) is 1.40. The maximum atomic E-state index is 11.2. The number of ether oxygens (including phenoxy) is 2. The Balaban J connectivity index is 2.19. The van der Waals surface area contributed by atoms with Gasteiger partial charge in [0.15, 0.2) is 0 Å². The van der Waals surface area contributed by atoms with E-state index in [1.54, 1.807) is 13.2 Å². The third-order valence-corrected chi connectivity index (χ3v) is 2.29. The topological polar surface area (TPSA) is 67.8 Å². The number of carbonyl (C=O) groups excluding carboxylic acids is 1. The van der Waals surface area contributed by atoms with Crippen molar-refractivity contribution in [2.24, 2.45) is 0 Å². The molecule has 0 heterocycles. The van der Waals surface area contributed by atoms with E-state index in [2.05, 4.69) is 5.32 Å². The van der Waals surface area contributed by atoms with Crippen LogP contribution in [0.3, 0.4) is 0 Å². The molecule has 0 bridgehead atoms. The number of carbonyl (C=O) groups is 1. The molecule has 0 aliphatic carbocycles. The fourth-order valence-electron chi connectivity index (χ4n) is 1.40. The highest BCUT2D eigenvalue weighted by atomic mass is 16.5. The Kier molecular flexibility index (Phi) is 6.64. The summed E-state index contributed by atoms with van der Waals surface area (Å²) in [5.41, 5.74) is 0. The lowest BCUT2D eigenvalue weighted by molar-refractivity contribution is -0.121. The number of methoxy groups -OCH3 is 1. The van der Waals surface area contributed by atoms with Crippen molar-refractivity contribution in [3.63, 3.8) is 0 Å². The molecule has 0 unspecified atom stereocenters. The zero-order valence-corrected chi connectivity index (χ0v) is 10.5. The normalized spacial score (nSPS) is 9.89. The third kappa shape index (κ3) is 5.54.